The molecule has 1 aliphatic heterocycles. The molecule has 1 aromatic rings. The van der Waals surface area contributed by atoms with E-state index in [4.69, 9.17) is 9.84 Å². The van der Waals surface area contributed by atoms with Crippen LogP contribution in [0.5, 0.6) is 0 Å². The van der Waals surface area contributed by atoms with Crippen molar-refractivity contribution in [3.8, 4) is 0 Å². The van der Waals surface area contributed by atoms with E-state index in [0.29, 0.717) is 19.4 Å². The summed E-state index contributed by atoms with van der Waals surface area (Å²) in [7, 11) is 0. The van der Waals surface area contributed by atoms with Gasteiger partial charge in [0.1, 0.15) is 6.33 Å². The number of ether oxygens (including phenoxy) is 1. The second-order valence-corrected chi connectivity index (χ2v) is 4.16. The minimum absolute atomic E-state index is 0.116. The third-order valence-electron chi connectivity index (χ3n) is 2.84. The lowest BCUT2D eigenvalue weighted by atomic mass is 10.2. The molecule has 0 spiro atoms. The maximum atomic E-state index is 13.6. The quantitative estimate of drug-likeness (QED) is 0.834. The van der Waals surface area contributed by atoms with Crippen LogP contribution >= 0.6 is 0 Å². The number of carboxylic acids is 1. The molecule has 2 N–H and O–H groups in total. The molecule has 0 aromatic carbocycles. The Morgan fingerprint density at radius 3 is 3.06 bits per heavy atom. The van der Waals surface area contributed by atoms with Crippen LogP contribution in [0.15, 0.2) is 6.33 Å². The molecule has 2 unspecified atom stereocenters. The second kappa shape index (κ2) is 5.26. The molecule has 0 aliphatic carbocycles. The first-order chi connectivity index (χ1) is 8.58. The zero-order valence-electron chi connectivity index (χ0n) is 9.89. The Morgan fingerprint density at radius 1 is 1.61 bits per heavy atom. The molecule has 0 amide bonds. The normalized spacial score (nSPS) is 23.0. The maximum Gasteiger partial charge on any atom is 0.332 e. The van der Waals surface area contributed by atoms with E-state index in [0.717, 1.165) is 0 Å². The average Bonchev–Trinajstić information content (AvgIpc) is 2.80. The third kappa shape index (κ3) is 2.73. The Labute approximate surface area is 103 Å². The van der Waals surface area contributed by atoms with Crippen LogP contribution in [0.3, 0.4) is 0 Å². The summed E-state index contributed by atoms with van der Waals surface area (Å²) in [4.78, 5) is 18.2. The molecule has 0 saturated carbocycles. The molecule has 18 heavy (non-hydrogen) atoms. The standard InChI is InChI=1S/C11H14FN3O3/c1-6-9(12)10(15-5-14-6)13-4-7-2-3-8(18-7)11(16)17/h5,7-8H,2-4H2,1H3,(H,16,17)(H,13,14,15). The van der Waals surface area contributed by atoms with Crippen molar-refractivity contribution in [2.24, 2.45) is 0 Å². The number of aliphatic carboxylic acids is 1. The Morgan fingerprint density at radius 2 is 2.39 bits per heavy atom. The maximum absolute atomic E-state index is 13.6. The number of rotatable bonds is 4. The van der Waals surface area contributed by atoms with Crippen molar-refractivity contribution in [2.75, 3.05) is 11.9 Å². The minimum atomic E-state index is -0.957. The van der Waals surface area contributed by atoms with E-state index >= 15 is 0 Å². The monoisotopic (exact) mass is 255 g/mol. The first kappa shape index (κ1) is 12.7. The lowest BCUT2D eigenvalue weighted by Gasteiger charge is -2.13. The van der Waals surface area contributed by atoms with Crippen molar-refractivity contribution < 1.29 is 19.0 Å². The largest absolute Gasteiger partial charge is 0.479 e. The van der Waals surface area contributed by atoms with Gasteiger partial charge in [0.15, 0.2) is 17.7 Å². The van der Waals surface area contributed by atoms with Crippen LogP contribution in [-0.4, -0.2) is 39.8 Å². The number of aryl methyl sites for hydroxylation is 1. The molecule has 1 fully saturated rings. The summed E-state index contributed by atoms with van der Waals surface area (Å²) in [6, 6.07) is 0. The van der Waals surface area contributed by atoms with Gasteiger partial charge in [0.25, 0.3) is 0 Å². The van der Waals surface area contributed by atoms with Crippen LogP contribution in [0.4, 0.5) is 10.2 Å². The Hall–Kier alpha value is -1.76. The number of hydrogen-bond acceptors (Lipinski definition) is 5. The molecule has 1 saturated heterocycles. The lowest BCUT2D eigenvalue weighted by Crippen LogP contribution is -2.25. The van der Waals surface area contributed by atoms with Gasteiger partial charge in [-0.25, -0.2) is 19.2 Å². The number of nitrogens with one attached hydrogen (secondary N) is 1. The highest BCUT2D eigenvalue weighted by atomic mass is 19.1. The van der Waals surface area contributed by atoms with Crippen LogP contribution in [0, 0.1) is 12.7 Å². The zero-order chi connectivity index (χ0) is 13.1. The average molecular weight is 255 g/mol. The van der Waals surface area contributed by atoms with Crippen molar-refractivity contribution >= 4 is 11.8 Å². The van der Waals surface area contributed by atoms with Crippen molar-refractivity contribution in [2.45, 2.75) is 32.0 Å². The van der Waals surface area contributed by atoms with Gasteiger partial charge in [0, 0.05) is 6.54 Å². The number of carboxylic acid groups (broad SMARTS) is 1. The van der Waals surface area contributed by atoms with E-state index in [1.165, 1.54) is 6.33 Å². The smallest absolute Gasteiger partial charge is 0.332 e. The number of anilines is 1. The molecule has 0 bridgehead atoms. The van der Waals surface area contributed by atoms with E-state index in [2.05, 4.69) is 15.3 Å². The predicted molar refractivity (Wildman–Crippen MR) is 60.7 cm³/mol. The summed E-state index contributed by atoms with van der Waals surface area (Å²) in [5, 5.41) is 11.6. The lowest BCUT2D eigenvalue weighted by molar-refractivity contribution is -0.149. The number of halogens is 1. The first-order valence-electron chi connectivity index (χ1n) is 5.67. The molecule has 2 rings (SSSR count). The van der Waals surface area contributed by atoms with Gasteiger partial charge in [0.05, 0.1) is 11.8 Å². The first-order valence-corrected chi connectivity index (χ1v) is 5.67. The highest BCUT2D eigenvalue weighted by Gasteiger charge is 2.30. The summed E-state index contributed by atoms with van der Waals surface area (Å²) in [5.74, 6) is -1.34. The molecule has 0 radical (unpaired) electrons. The van der Waals surface area contributed by atoms with E-state index in [9.17, 15) is 9.18 Å². The van der Waals surface area contributed by atoms with Crippen LogP contribution < -0.4 is 5.32 Å². The summed E-state index contributed by atoms with van der Waals surface area (Å²) >= 11 is 0. The fourth-order valence-corrected chi connectivity index (χ4v) is 1.83. The highest BCUT2D eigenvalue weighted by Crippen LogP contribution is 2.20. The van der Waals surface area contributed by atoms with Gasteiger partial charge in [-0.2, -0.15) is 0 Å². The van der Waals surface area contributed by atoms with Crippen LogP contribution in [0.25, 0.3) is 0 Å². The van der Waals surface area contributed by atoms with Gasteiger partial charge in [0.2, 0.25) is 0 Å². The SMILES string of the molecule is Cc1ncnc(NCC2CCC(C(=O)O)O2)c1F. The van der Waals surface area contributed by atoms with E-state index in [1.807, 2.05) is 0 Å². The molecular weight excluding hydrogens is 241 g/mol. The topological polar surface area (TPSA) is 84.3 Å². The Kier molecular flexibility index (Phi) is 3.71. The van der Waals surface area contributed by atoms with E-state index in [1.54, 1.807) is 6.92 Å². The number of hydrogen-bond donors (Lipinski definition) is 2. The second-order valence-electron chi connectivity index (χ2n) is 4.16. The zero-order valence-corrected chi connectivity index (χ0v) is 9.89. The summed E-state index contributed by atoms with van der Waals surface area (Å²) < 4.78 is 18.8. The summed E-state index contributed by atoms with van der Waals surface area (Å²) in [6.07, 6.45) is 1.40. The van der Waals surface area contributed by atoms with Crippen molar-refractivity contribution in [1.82, 2.24) is 9.97 Å². The molecule has 98 valence electrons. The summed E-state index contributed by atoms with van der Waals surface area (Å²) in [6.45, 7) is 1.88. The Bertz CT molecular complexity index is 455. The van der Waals surface area contributed by atoms with Crippen molar-refractivity contribution in [3.05, 3.63) is 17.8 Å². The molecule has 2 atom stereocenters. The van der Waals surface area contributed by atoms with Gasteiger partial charge in [-0.15, -0.1) is 0 Å². The molecule has 1 aliphatic rings. The van der Waals surface area contributed by atoms with Crippen LogP contribution in [-0.2, 0) is 9.53 Å². The fourth-order valence-electron chi connectivity index (χ4n) is 1.83. The van der Waals surface area contributed by atoms with Gasteiger partial charge in [-0.1, -0.05) is 0 Å². The van der Waals surface area contributed by atoms with Gasteiger partial charge < -0.3 is 15.2 Å². The van der Waals surface area contributed by atoms with Crippen LogP contribution in [0.2, 0.25) is 0 Å². The number of aromatic nitrogens is 2. The number of carbonyl (C=O) groups is 1. The number of nitrogens with zero attached hydrogens (tertiary/aromatic N) is 2. The molecule has 6 nitrogen and oxygen atoms in total. The van der Waals surface area contributed by atoms with Gasteiger partial charge >= 0.3 is 5.97 Å². The van der Waals surface area contributed by atoms with Crippen molar-refractivity contribution in [1.29, 1.82) is 0 Å². The minimum Gasteiger partial charge on any atom is -0.479 e. The van der Waals surface area contributed by atoms with E-state index < -0.39 is 17.9 Å². The molecular formula is C11H14FN3O3. The Balaban J connectivity index is 1.89. The van der Waals surface area contributed by atoms with Crippen molar-refractivity contribution in [3.63, 3.8) is 0 Å². The molecule has 7 heteroatoms. The third-order valence-corrected chi connectivity index (χ3v) is 2.84. The van der Waals surface area contributed by atoms with E-state index in [-0.39, 0.29) is 17.6 Å². The molecule has 1 aromatic heterocycles. The van der Waals surface area contributed by atoms with Crippen LogP contribution in [0.1, 0.15) is 18.5 Å². The van der Waals surface area contributed by atoms with Gasteiger partial charge in [-0.3, -0.25) is 0 Å². The molecule has 2 heterocycles. The predicted octanol–water partition coefficient (Wildman–Crippen LogP) is 0.968. The highest BCUT2D eigenvalue weighted by molar-refractivity contribution is 5.72. The summed E-state index contributed by atoms with van der Waals surface area (Å²) in [5.41, 5.74) is 0.267. The fraction of sp³-hybridized carbons (Fsp3) is 0.545. The van der Waals surface area contributed by atoms with Gasteiger partial charge in [-0.05, 0) is 19.8 Å².